The van der Waals surface area contributed by atoms with Gasteiger partial charge in [-0.1, -0.05) is 30.3 Å². The smallest absolute Gasteiger partial charge is 0.257 e. The third-order valence-electron chi connectivity index (χ3n) is 1.79. The molecule has 0 aliphatic heterocycles. The first-order valence-corrected chi connectivity index (χ1v) is 4.53. The van der Waals surface area contributed by atoms with Crippen LogP contribution in [0, 0.1) is 0 Å². The molecule has 2 N–H and O–H groups in total. The van der Waals surface area contributed by atoms with Gasteiger partial charge in [0.05, 0.1) is 0 Å². The number of benzene rings is 1. The molecule has 1 heterocycles. The average molecular weight is 244 g/mol. The maximum Gasteiger partial charge on any atom is 0.543 e. The van der Waals surface area contributed by atoms with E-state index in [0.29, 0.717) is 11.4 Å². The third-order valence-corrected chi connectivity index (χ3v) is 1.79. The van der Waals surface area contributed by atoms with Crippen LogP contribution in [-0.4, -0.2) is 21.5 Å². The predicted molar refractivity (Wildman–Crippen MR) is 52.6 cm³/mol. The number of rotatable bonds is 3. The quantitative estimate of drug-likeness (QED) is 0.813. The first-order valence-electron chi connectivity index (χ1n) is 4.53. The van der Waals surface area contributed by atoms with E-state index in [1.54, 1.807) is 29.7 Å². The molecule has 0 amide bonds. The lowest BCUT2D eigenvalue weighted by atomic mass is 10.2. The van der Waals surface area contributed by atoms with Gasteiger partial charge in [0, 0.05) is 5.56 Å². The van der Waals surface area contributed by atoms with Crippen molar-refractivity contribution < 1.29 is 18.0 Å². The number of aromatic amines is 1. The van der Waals surface area contributed by atoms with Gasteiger partial charge in [0.2, 0.25) is 0 Å². The van der Waals surface area contributed by atoms with Gasteiger partial charge in [-0.15, -0.1) is 18.3 Å². The van der Waals surface area contributed by atoms with E-state index in [1.165, 1.54) is 0 Å². The molecular formula is C9H7F3N4O. The van der Waals surface area contributed by atoms with Crippen LogP contribution < -0.4 is 5.48 Å². The highest BCUT2D eigenvalue weighted by molar-refractivity contribution is 5.55. The van der Waals surface area contributed by atoms with Gasteiger partial charge < -0.3 is 0 Å². The monoisotopic (exact) mass is 244 g/mol. The minimum absolute atomic E-state index is 0.291. The van der Waals surface area contributed by atoms with Crippen molar-refractivity contribution in [3.05, 3.63) is 30.3 Å². The number of nitrogens with zero attached hydrogens (tertiary/aromatic N) is 2. The average Bonchev–Trinajstić information content (AvgIpc) is 2.75. The molecule has 1 aromatic heterocycles. The van der Waals surface area contributed by atoms with Crippen LogP contribution >= 0.6 is 0 Å². The summed E-state index contributed by atoms with van der Waals surface area (Å²) in [5, 5.41) is 6.01. The van der Waals surface area contributed by atoms with Crippen LogP contribution in [0.4, 0.5) is 19.1 Å². The molecular weight excluding hydrogens is 237 g/mol. The zero-order valence-corrected chi connectivity index (χ0v) is 8.32. The highest BCUT2D eigenvalue weighted by Crippen LogP contribution is 2.18. The number of anilines is 1. The normalized spacial score (nSPS) is 11.5. The predicted octanol–water partition coefficient (Wildman–Crippen LogP) is 2.33. The SMILES string of the molecule is FC(F)(F)ONc1n[nH]c(-c2ccccc2)n1. The standard InChI is InChI=1S/C9H7F3N4O/c10-9(11,12)17-16-8-13-7(14-15-8)6-4-2-1-3-5-6/h1-5H,(H2,13,14,15,16). The Hall–Kier alpha value is -2.09. The summed E-state index contributed by atoms with van der Waals surface area (Å²) >= 11 is 0. The van der Waals surface area contributed by atoms with E-state index in [4.69, 9.17) is 0 Å². The van der Waals surface area contributed by atoms with Crippen LogP contribution in [-0.2, 0) is 4.84 Å². The maximum absolute atomic E-state index is 11.7. The van der Waals surface area contributed by atoms with Crippen LogP contribution in [0.1, 0.15) is 0 Å². The van der Waals surface area contributed by atoms with Crippen LogP contribution in [0.5, 0.6) is 0 Å². The highest BCUT2D eigenvalue weighted by atomic mass is 19.4. The Labute approximate surface area is 93.6 Å². The van der Waals surface area contributed by atoms with Crippen molar-refractivity contribution in [2.75, 3.05) is 5.48 Å². The lowest BCUT2D eigenvalue weighted by Gasteiger charge is -2.04. The zero-order valence-electron chi connectivity index (χ0n) is 8.32. The van der Waals surface area contributed by atoms with Crippen molar-refractivity contribution in [2.24, 2.45) is 0 Å². The number of aromatic nitrogens is 3. The number of H-pyrrole nitrogens is 1. The lowest BCUT2D eigenvalue weighted by Crippen LogP contribution is -2.18. The first kappa shape index (κ1) is 11.4. The Morgan fingerprint density at radius 1 is 1.18 bits per heavy atom. The van der Waals surface area contributed by atoms with E-state index >= 15 is 0 Å². The zero-order chi connectivity index (χ0) is 12.3. The van der Waals surface area contributed by atoms with Crippen molar-refractivity contribution in [3.63, 3.8) is 0 Å². The van der Waals surface area contributed by atoms with Gasteiger partial charge in [0.1, 0.15) is 0 Å². The van der Waals surface area contributed by atoms with E-state index in [1.807, 2.05) is 6.07 Å². The van der Waals surface area contributed by atoms with Crippen LogP contribution in [0.25, 0.3) is 11.4 Å². The molecule has 0 fully saturated rings. The van der Waals surface area contributed by atoms with Gasteiger partial charge in [-0.2, -0.15) is 9.82 Å². The van der Waals surface area contributed by atoms with Gasteiger partial charge in [0.25, 0.3) is 5.95 Å². The molecule has 0 spiro atoms. The van der Waals surface area contributed by atoms with E-state index in [-0.39, 0.29) is 5.95 Å². The number of alkyl halides is 3. The number of nitrogens with one attached hydrogen (secondary N) is 2. The molecule has 0 saturated heterocycles. The maximum atomic E-state index is 11.7. The summed E-state index contributed by atoms with van der Waals surface area (Å²) < 4.78 is 35.2. The molecule has 2 aromatic rings. The molecule has 90 valence electrons. The molecule has 0 aliphatic rings. The Balaban J connectivity index is 2.07. The minimum atomic E-state index is -4.78. The summed E-state index contributed by atoms with van der Waals surface area (Å²) in [7, 11) is 0. The second-order valence-electron chi connectivity index (χ2n) is 3.02. The lowest BCUT2D eigenvalue weighted by molar-refractivity contribution is -0.312. The number of halogens is 3. The molecule has 0 aliphatic carbocycles. The van der Waals surface area contributed by atoms with E-state index in [9.17, 15) is 13.2 Å². The van der Waals surface area contributed by atoms with Crippen molar-refractivity contribution >= 4 is 5.95 Å². The second kappa shape index (κ2) is 4.42. The molecule has 0 radical (unpaired) electrons. The molecule has 1 aromatic carbocycles. The highest BCUT2D eigenvalue weighted by Gasteiger charge is 2.30. The fourth-order valence-corrected chi connectivity index (χ4v) is 1.14. The number of hydrogen-bond acceptors (Lipinski definition) is 4. The fraction of sp³-hybridized carbons (Fsp3) is 0.111. The van der Waals surface area contributed by atoms with Gasteiger partial charge in [-0.3, -0.25) is 5.10 Å². The molecule has 5 nitrogen and oxygen atoms in total. The van der Waals surface area contributed by atoms with E-state index in [2.05, 4.69) is 20.0 Å². The topological polar surface area (TPSA) is 62.8 Å². The van der Waals surface area contributed by atoms with Crippen molar-refractivity contribution in [1.82, 2.24) is 15.2 Å². The van der Waals surface area contributed by atoms with Gasteiger partial charge >= 0.3 is 6.36 Å². The summed E-state index contributed by atoms with van der Waals surface area (Å²) in [6.45, 7) is 0. The van der Waals surface area contributed by atoms with Gasteiger partial charge in [-0.25, -0.2) is 5.48 Å². The molecule has 0 bridgehead atoms. The first-order chi connectivity index (χ1) is 8.04. The van der Waals surface area contributed by atoms with Crippen LogP contribution in [0.15, 0.2) is 30.3 Å². The van der Waals surface area contributed by atoms with Gasteiger partial charge in [0.15, 0.2) is 5.82 Å². The molecule has 2 rings (SSSR count). The van der Waals surface area contributed by atoms with Gasteiger partial charge in [-0.05, 0) is 0 Å². The second-order valence-corrected chi connectivity index (χ2v) is 3.02. The van der Waals surface area contributed by atoms with Crippen molar-refractivity contribution in [3.8, 4) is 11.4 Å². The van der Waals surface area contributed by atoms with Crippen LogP contribution in [0.3, 0.4) is 0 Å². The third kappa shape index (κ3) is 3.18. The molecule has 8 heteroatoms. The van der Waals surface area contributed by atoms with Crippen molar-refractivity contribution in [1.29, 1.82) is 0 Å². The van der Waals surface area contributed by atoms with Crippen LogP contribution in [0.2, 0.25) is 0 Å². The summed E-state index contributed by atoms with van der Waals surface area (Å²) in [5.41, 5.74) is 2.30. The fourth-order valence-electron chi connectivity index (χ4n) is 1.14. The largest absolute Gasteiger partial charge is 0.543 e. The van der Waals surface area contributed by atoms with E-state index in [0.717, 1.165) is 0 Å². The summed E-state index contributed by atoms with van der Waals surface area (Å²) in [6, 6.07) is 8.85. The Kier molecular flexibility index (Phi) is 2.96. The Bertz CT molecular complexity index is 482. The Morgan fingerprint density at radius 2 is 1.88 bits per heavy atom. The van der Waals surface area contributed by atoms with Crippen molar-refractivity contribution in [2.45, 2.75) is 6.36 Å². The molecule has 17 heavy (non-hydrogen) atoms. The summed E-state index contributed by atoms with van der Waals surface area (Å²) in [6.07, 6.45) is -4.78. The van der Waals surface area contributed by atoms with E-state index < -0.39 is 6.36 Å². The minimum Gasteiger partial charge on any atom is -0.257 e. The molecule has 0 saturated carbocycles. The summed E-state index contributed by atoms with van der Waals surface area (Å²) in [4.78, 5) is 7.15. The summed E-state index contributed by atoms with van der Waals surface area (Å²) in [5.74, 6) is 0.0556. The Morgan fingerprint density at radius 3 is 2.53 bits per heavy atom. The number of hydrogen-bond donors (Lipinski definition) is 2. The molecule has 0 atom stereocenters. The molecule has 0 unspecified atom stereocenters.